The standard InChI is InChI=1S/C8H9F2N3O2/c1-15-6(14)3-12-8-5(10)2-4(9)7(11)13-8/h2H,3H2,1H3,(H3,11,12,13). The smallest absolute Gasteiger partial charge is 0.325 e. The number of esters is 1. The zero-order chi connectivity index (χ0) is 11.4. The number of rotatable bonds is 3. The zero-order valence-electron chi connectivity index (χ0n) is 7.88. The van der Waals surface area contributed by atoms with Crippen molar-refractivity contribution in [2.75, 3.05) is 24.7 Å². The van der Waals surface area contributed by atoms with Crippen LogP contribution >= 0.6 is 0 Å². The fraction of sp³-hybridized carbons (Fsp3) is 0.250. The molecule has 0 aromatic carbocycles. The van der Waals surface area contributed by atoms with Crippen LogP contribution < -0.4 is 11.1 Å². The lowest BCUT2D eigenvalue weighted by Gasteiger charge is -2.06. The summed E-state index contributed by atoms with van der Waals surface area (Å²) in [6.45, 7) is -0.272. The van der Waals surface area contributed by atoms with Gasteiger partial charge in [-0.3, -0.25) is 4.79 Å². The number of nitrogens with two attached hydrogens (primary N) is 1. The first-order valence-corrected chi connectivity index (χ1v) is 3.96. The van der Waals surface area contributed by atoms with E-state index in [2.05, 4.69) is 15.0 Å². The molecule has 82 valence electrons. The molecular weight excluding hydrogens is 208 g/mol. The molecule has 1 aromatic rings. The molecular formula is C8H9F2N3O2. The molecule has 5 nitrogen and oxygen atoms in total. The van der Waals surface area contributed by atoms with Crippen molar-refractivity contribution < 1.29 is 18.3 Å². The molecule has 0 amide bonds. The molecule has 1 heterocycles. The number of aromatic nitrogens is 1. The molecule has 0 spiro atoms. The largest absolute Gasteiger partial charge is 0.468 e. The average molecular weight is 217 g/mol. The van der Waals surface area contributed by atoms with Crippen molar-refractivity contribution in [2.24, 2.45) is 0 Å². The van der Waals surface area contributed by atoms with Crippen molar-refractivity contribution in [1.82, 2.24) is 4.98 Å². The molecule has 0 unspecified atom stereocenters. The van der Waals surface area contributed by atoms with Crippen LogP contribution in [0.15, 0.2) is 6.07 Å². The summed E-state index contributed by atoms with van der Waals surface area (Å²) in [7, 11) is 1.19. The molecule has 7 heteroatoms. The molecule has 0 fully saturated rings. The monoisotopic (exact) mass is 217 g/mol. The van der Waals surface area contributed by atoms with E-state index in [0.29, 0.717) is 6.07 Å². The number of carbonyl (C=O) groups excluding carboxylic acids is 1. The van der Waals surface area contributed by atoms with Crippen LogP contribution in [0.4, 0.5) is 20.4 Å². The molecule has 0 aliphatic rings. The number of hydrogen-bond acceptors (Lipinski definition) is 5. The molecule has 0 aliphatic heterocycles. The van der Waals surface area contributed by atoms with E-state index in [-0.39, 0.29) is 12.4 Å². The summed E-state index contributed by atoms with van der Waals surface area (Å²) in [4.78, 5) is 14.1. The van der Waals surface area contributed by atoms with E-state index in [1.807, 2.05) is 0 Å². The minimum atomic E-state index is -0.948. The molecule has 0 saturated carbocycles. The summed E-state index contributed by atoms with van der Waals surface area (Å²) in [6, 6.07) is 0.585. The highest BCUT2D eigenvalue weighted by atomic mass is 19.1. The van der Waals surface area contributed by atoms with Crippen molar-refractivity contribution in [3.63, 3.8) is 0 Å². The van der Waals surface area contributed by atoms with Gasteiger partial charge in [0, 0.05) is 6.07 Å². The molecule has 1 rings (SSSR count). The maximum atomic E-state index is 13.0. The SMILES string of the molecule is COC(=O)CNc1nc(N)c(F)cc1F. The van der Waals surface area contributed by atoms with Crippen molar-refractivity contribution in [3.05, 3.63) is 17.7 Å². The van der Waals surface area contributed by atoms with Crippen LogP contribution in [0.3, 0.4) is 0 Å². The van der Waals surface area contributed by atoms with Gasteiger partial charge in [0.2, 0.25) is 0 Å². The third kappa shape index (κ3) is 2.76. The van der Waals surface area contributed by atoms with E-state index in [0.717, 1.165) is 0 Å². The third-order valence-electron chi connectivity index (χ3n) is 1.58. The molecule has 15 heavy (non-hydrogen) atoms. The molecule has 0 saturated heterocycles. The molecule has 0 aliphatic carbocycles. The van der Waals surface area contributed by atoms with Gasteiger partial charge in [-0.15, -0.1) is 0 Å². The lowest BCUT2D eigenvalue weighted by atomic mass is 10.4. The number of pyridine rings is 1. The summed E-state index contributed by atoms with van der Waals surface area (Å²) in [5.74, 6) is -3.20. The molecule has 0 radical (unpaired) electrons. The normalized spacial score (nSPS) is 9.80. The van der Waals surface area contributed by atoms with Crippen LogP contribution in [-0.4, -0.2) is 24.6 Å². The minimum Gasteiger partial charge on any atom is -0.468 e. The van der Waals surface area contributed by atoms with E-state index >= 15 is 0 Å². The number of hydrogen-bond donors (Lipinski definition) is 2. The van der Waals surface area contributed by atoms with Crippen molar-refractivity contribution in [3.8, 4) is 0 Å². The molecule has 0 bridgehead atoms. The topological polar surface area (TPSA) is 77.2 Å². The second-order valence-electron chi connectivity index (χ2n) is 2.62. The zero-order valence-corrected chi connectivity index (χ0v) is 7.88. The fourth-order valence-electron chi connectivity index (χ4n) is 0.833. The predicted octanol–water partition coefficient (Wildman–Crippen LogP) is 0.527. The Morgan fingerprint density at radius 1 is 1.60 bits per heavy atom. The maximum absolute atomic E-state index is 13.0. The van der Waals surface area contributed by atoms with Gasteiger partial charge in [-0.25, -0.2) is 13.8 Å². The van der Waals surface area contributed by atoms with Crippen molar-refractivity contribution >= 4 is 17.6 Å². The van der Waals surface area contributed by atoms with Crippen LogP contribution in [0.25, 0.3) is 0 Å². The van der Waals surface area contributed by atoms with Gasteiger partial charge in [-0.05, 0) is 0 Å². The number of nitrogen functional groups attached to an aromatic ring is 1. The maximum Gasteiger partial charge on any atom is 0.325 e. The molecule has 0 atom stereocenters. The summed E-state index contributed by atoms with van der Waals surface area (Å²) >= 11 is 0. The highest BCUT2D eigenvalue weighted by Gasteiger charge is 2.10. The lowest BCUT2D eigenvalue weighted by Crippen LogP contribution is -2.17. The van der Waals surface area contributed by atoms with Gasteiger partial charge in [0.15, 0.2) is 23.3 Å². The Kier molecular flexibility index (Phi) is 3.37. The van der Waals surface area contributed by atoms with E-state index < -0.39 is 23.4 Å². The van der Waals surface area contributed by atoms with Crippen molar-refractivity contribution in [2.45, 2.75) is 0 Å². The molecule has 3 N–H and O–H groups in total. The minimum absolute atomic E-state index is 0.272. The first-order valence-electron chi connectivity index (χ1n) is 3.96. The van der Waals surface area contributed by atoms with Gasteiger partial charge >= 0.3 is 5.97 Å². The quantitative estimate of drug-likeness (QED) is 0.722. The Bertz CT molecular complexity index is 384. The van der Waals surface area contributed by atoms with Crippen molar-refractivity contribution in [1.29, 1.82) is 0 Å². The van der Waals surface area contributed by atoms with Gasteiger partial charge in [0.25, 0.3) is 0 Å². The fourth-order valence-corrected chi connectivity index (χ4v) is 0.833. The Hall–Kier alpha value is -1.92. The van der Waals surface area contributed by atoms with Gasteiger partial charge in [0.05, 0.1) is 7.11 Å². The number of carbonyl (C=O) groups is 1. The van der Waals surface area contributed by atoms with Crippen LogP contribution in [0.5, 0.6) is 0 Å². The van der Waals surface area contributed by atoms with Crippen LogP contribution in [0.2, 0.25) is 0 Å². The van der Waals surface area contributed by atoms with Gasteiger partial charge < -0.3 is 15.8 Å². The summed E-state index contributed by atoms with van der Waals surface area (Å²) in [6.07, 6.45) is 0. The first kappa shape index (κ1) is 11.2. The van der Waals surface area contributed by atoms with Crippen LogP contribution in [0, 0.1) is 11.6 Å². The van der Waals surface area contributed by atoms with Crippen LogP contribution in [-0.2, 0) is 9.53 Å². The Morgan fingerprint density at radius 3 is 2.87 bits per heavy atom. The second kappa shape index (κ2) is 4.54. The summed E-state index contributed by atoms with van der Waals surface area (Å²) < 4.78 is 30.0. The van der Waals surface area contributed by atoms with E-state index in [1.165, 1.54) is 7.11 Å². The number of ether oxygens (including phenoxy) is 1. The number of methoxy groups -OCH3 is 1. The Labute approximate surface area is 84.2 Å². The number of anilines is 2. The molecule has 1 aromatic heterocycles. The van der Waals surface area contributed by atoms with E-state index in [1.54, 1.807) is 0 Å². The highest BCUT2D eigenvalue weighted by Crippen LogP contribution is 2.15. The number of nitrogens with one attached hydrogen (secondary N) is 1. The van der Waals surface area contributed by atoms with E-state index in [4.69, 9.17) is 5.73 Å². The highest BCUT2D eigenvalue weighted by molar-refractivity contribution is 5.74. The first-order chi connectivity index (χ1) is 7.04. The summed E-state index contributed by atoms with van der Waals surface area (Å²) in [5.41, 5.74) is 5.12. The Morgan fingerprint density at radius 2 is 2.27 bits per heavy atom. The predicted molar refractivity (Wildman–Crippen MR) is 49.1 cm³/mol. The summed E-state index contributed by atoms with van der Waals surface area (Å²) in [5, 5.41) is 2.32. The average Bonchev–Trinajstić information content (AvgIpc) is 2.21. The van der Waals surface area contributed by atoms with Gasteiger partial charge in [-0.1, -0.05) is 0 Å². The Balaban J connectivity index is 2.77. The third-order valence-corrected chi connectivity index (χ3v) is 1.58. The van der Waals surface area contributed by atoms with Crippen LogP contribution in [0.1, 0.15) is 0 Å². The van der Waals surface area contributed by atoms with E-state index in [9.17, 15) is 13.6 Å². The lowest BCUT2D eigenvalue weighted by molar-refractivity contribution is -0.138. The van der Waals surface area contributed by atoms with Gasteiger partial charge in [-0.2, -0.15) is 0 Å². The number of halogens is 2. The van der Waals surface area contributed by atoms with Gasteiger partial charge in [0.1, 0.15) is 6.54 Å². The number of nitrogens with zero attached hydrogens (tertiary/aromatic N) is 1. The second-order valence-corrected chi connectivity index (χ2v) is 2.62.